The van der Waals surface area contributed by atoms with E-state index in [4.69, 9.17) is 4.74 Å². The first kappa shape index (κ1) is 17.3. The molecule has 0 bridgehead atoms. The van der Waals surface area contributed by atoms with Crippen LogP contribution in [0.2, 0.25) is 0 Å². The van der Waals surface area contributed by atoms with Crippen molar-refractivity contribution in [3.05, 3.63) is 11.1 Å². The zero-order chi connectivity index (χ0) is 15.9. The number of rotatable bonds is 7. The van der Waals surface area contributed by atoms with E-state index in [1.54, 1.807) is 7.11 Å². The van der Waals surface area contributed by atoms with Gasteiger partial charge in [-0.25, -0.2) is 4.98 Å². The lowest BCUT2D eigenvalue weighted by atomic mass is 10.1. The fourth-order valence-corrected chi connectivity index (χ4v) is 3.47. The van der Waals surface area contributed by atoms with Gasteiger partial charge in [-0.15, -0.1) is 11.3 Å². The highest BCUT2D eigenvalue weighted by Crippen LogP contribution is 2.15. The summed E-state index contributed by atoms with van der Waals surface area (Å²) in [4.78, 5) is 21.1. The van der Waals surface area contributed by atoms with Crippen molar-refractivity contribution in [2.45, 2.75) is 26.3 Å². The van der Waals surface area contributed by atoms with Crippen LogP contribution in [0.25, 0.3) is 0 Å². The van der Waals surface area contributed by atoms with E-state index in [0.717, 1.165) is 44.9 Å². The minimum absolute atomic E-state index is 0.0227. The van der Waals surface area contributed by atoms with Gasteiger partial charge in [0.05, 0.1) is 18.8 Å². The predicted octanol–water partition coefficient (Wildman–Crippen LogP) is 1.43. The molecule has 124 valence electrons. The van der Waals surface area contributed by atoms with Crippen LogP contribution in [0.1, 0.15) is 19.0 Å². The van der Waals surface area contributed by atoms with Gasteiger partial charge >= 0.3 is 0 Å². The summed E-state index contributed by atoms with van der Waals surface area (Å²) in [5.41, 5.74) is 0.943. The van der Waals surface area contributed by atoms with Crippen LogP contribution in [0, 0.1) is 6.92 Å². The Labute approximate surface area is 136 Å². The van der Waals surface area contributed by atoms with E-state index in [0.29, 0.717) is 17.7 Å². The average Bonchev–Trinajstić information content (AvgIpc) is 2.90. The van der Waals surface area contributed by atoms with Crippen LogP contribution in [0.4, 0.5) is 5.13 Å². The second kappa shape index (κ2) is 8.57. The fraction of sp³-hybridized carbons (Fsp3) is 0.733. The molecule has 1 saturated heterocycles. The Balaban J connectivity index is 1.80. The number of hydrogen-bond acceptors (Lipinski definition) is 6. The first-order chi connectivity index (χ1) is 10.6. The van der Waals surface area contributed by atoms with Gasteiger partial charge in [-0.1, -0.05) is 6.92 Å². The number of nitrogens with zero attached hydrogens (tertiary/aromatic N) is 3. The lowest BCUT2D eigenvalue weighted by Crippen LogP contribution is -2.54. The Bertz CT molecular complexity index is 480. The Morgan fingerprint density at radius 2 is 2.36 bits per heavy atom. The highest BCUT2D eigenvalue weighted by atomic mass is 32.1. The second-order valence-electron chi connectivity index (χ2n) is 5.67. The lowest BCUT2D eigenvalue weighted by Gasteiger charge is -2.40. The van der Waals surface area contributed by atoms with Crippen molar-refractivity contribution in [3.8, 4) is 0 Å². The molecule has 1 aromatic rings. The number of aromatic nitrogens is 1. The normalized spacial score (nSPS) is 20.2. The number of anilines is 1. The third-order valence-corrected chi connectivity index (χ3v) is 4.85. The molecule has 2 rings (SSSR count). The smallest absolute Gasteiger partial charge is 0.240 e. The van der Waals surface area contributed by atoms with Crippen LogP contribution in [0.3, 0.4) is 0 Å². The maximum Gasteiger partial charge on any atom is 0.240 e. The van der Waals surface area contributed by atoms with E-state index in [2.05, 4.69) is 27.0 Å². The highest BCUT2D eigenvalue weighted by Gasteiger charge is 2.26. The Morgan fingerprint density at radius 3 is 3.00 bits per heavy atom. The van der Waals surface area contributed by atoms with E-state index in [1.165, 1.54) is 11.3 Å². The summed E-state index contributed by atoms with van der Waals surface area (Å²) in [6, 6.07) is 0.499. The van der Waals surface area contributed by atoms with Crippen molar-refractivity contribution >= 4 is 22.4 Å². The van der Waals surface area contributed by atoms with Crippen LogP contribution in [-0.2, 0) is 9.53 Å². The standard InChI is InChI=1S/C15H26N4O2S/c1-4-13-9-18(5-6-19(13)7-8-21-3)10-14(20)17-15-16-12(2)11-22-15/h11,13H,4-10H2,1-3H3,(H,16,17,20). The summed E-state index contributed by atoms with van der Waals surface area (Å²) in [5, 5.41) is 5.51. The third kappa shape index (κ3) is 5.01. The summed E-state index contributed by atoms with van der Waals surface area (Å²) in [5.74, 6) is 0.0227. The zero-order valence-electron chi connectivity index (χ0n) is 13.7. The van der Waals surface area contributed by atoms with Crippen molar-refractivity contribution in [2.75, 3.05) is 51.8 Å². The quantitative estimate of drug-likeness (QED) is 0.821. The van der Waals surface area contributed by atoms with Crippen LogP contribution < -0.4 is 5.32 Å². The first-order valence-corrected chi connectivity index (χ1v) is 8.67. The molecule has 1 atom stereocenters. The van der Waals surface area contributed by atoms with E-state index in [9.17, 15) is 4.79 Å². The molecule has 0 saturated carbocycles. The Morgan fingerprint density at radius 1 is 1.55 bits per heavy atom. The molecule has 1 unspecified atom stereocenters. The Kier molecular flexibility index (Phi) is 6.75. The molecule has 1 aliphatic heterocycles. The van der Waals surface area contributed by atoms with Crippen LogP contribution >= 0.6 is 11.3 Å². The molecule has 2 heterocycles. The molecule has 1 aliphatic rings. The minimum Gasteiger partial charge on any atom is -0.383 e. The topological polar surface area (TPSA) is 57.7 Å². The first-order valence-electron chi connectivity index (χ1n) is 7.79. The number of carbonyl (C=O) groups is 1. The van der Waals surface area contributed by atoms with Crippen LogP contribution in [0.15, 0.2) is 5.38 Å². The molecule has 0 spiro atoms. The molecule has 1 amide bonds. The number of amides is 1. The number of carbonyl (C=O) groups excluding carboxylic acids is 1. The molecule has 0 aromatic carbocycles. The van der Waals surface area contributed by atoms with Gasteiger partial charge in [-0.3, -0.25) is 14.6 Å². The van der Waals surface area contributed by atoms with Crippen molar-refractivity contribution in [3.63, 3.8) is 0 Å². The predicted molar refractivity (Wildman–Crippen MR) is 89.4 cm³/mol. The molecule has 1 N–H and O–H groups in total. The lowest BCUT2D eigenvalue weighted by molar-refractivity contribution is -0.118. The molecule has 22 heavy (non-hydrogen) atoms. The van der Waals surface area contributed by atoms with Crippen LogP contribution in [-0.4, -0.2) is 73.2 Å². The number of piperazine rings is 1. The third-order valence-electron chi connectivity index (χ3n) is 3.98. The highest BCUT2D eigenvalue weighted by molar-refractivity contribution is 7.13. The molecule has 0 radical (unpaired) electrons. The summed E-state index contributed by atoms with van der Waals surface area (Å²) in [6.07, 6.45) is 1.09. The number of thiazole rings is 1. The zero-order valence-corrected chi connectivity index (χ0v) is 14.5. The van der Waals surface area contributed by atoms with Crippen molar-refractivity contribution in [1.29, 1.82) is 0 Å². The van der Waals surface area contributed by atoms with E-state index >= 15 is 0 Å². The van der Waals surface area contributed by atoms with Gasteiger partial charge in [0.2, 0.25) is 5.91 Å². The SMILES string of the molecule is CCC1CN(CC(=O)Nc2nc(C)cs2)CCN1CCOC. The number of nitrogens with one attached hydrogen (secondary N) is 1. The molecular formula is C15H26N4O2S. The van der Waals surface area contributed by atoms with Crippen molar-refractivity contribution < 1.29 is 9.53 Å². The van der Waals surface area contributed by atoms with Gasteiger partial charge in [-0.05, 0) is 13.3 Å². The average molecular weight is 326 g/mol. The molecular weight excluding hydrogens is 300 g/mol. The molecule has 0 aliphatic carbocycles. The van der Waals surface area contributed by atoms with Crippen LogP contribution in [0.5, 0.6) is 0 Å². The van der Waals surface area contributed by atoms with E-state index < -0.39 is 0 Å². The largest absolute Gasteiger partial charge is 0.383 e. The summed E-state index contributed by atoms with van der Waals surface area (Å²) in [7, 11) is 1.74. The van der Waals surface area contributed by atoms with Crippen molar-refractivity contribution in [1.82, 2.24) is 14.8 Å². The number of ether oxygens (including phenoxy) is 1. The molecule has 7 heteroatoms. The second-order valence-corrected chi connectivity index (χ2v) is 6.53. The number of methoxy groups -OCH3 is 1. The van der Waals surface area contributed by atoms with Gasteiger partial charge < -0.3 is 10.1 Å². The number of aryl methyl sites for hydroxylation is 1. The summed E-state index contributed by atoms with van der Waals surface area (Å²) in [6.45, 7) is 9.14. The molecule has 1 aromatic heterocycles. The van der Waals surface area contributed by atoms with E-state index in [1.807, 2.05) is 12.3 Å². The number of hydrogen-bond donors (Lipinski definition) is 1. The van der Waals surface area contributed by atoms with Gasteiger partial charge in [-0.2, -0.15) is 0 Å². The Hall–Kier alpha value is -1.02. The summed E-state index contributed by atoms with van der Waals surface area (Å²) < 4.78 is 5.17. The van der Waals surface area contributed by atoms with Gasteiger partial charge in [0, 0.05) is 44.7 Å². The van der Waals surface area contributed by atoms with Gasteiger partial charge in [0.15, 0.2) is 5.13 Å². The molecule has 1 fully saturated rings. The monoisotopic (exact) mass is 326 g/mol. The van der Waals surface area contributed by atoms with Gasteiger partial charge in [0.1, 0.15) is 0 Å². The maximum atomic E-state index is 12.1. The molecule has 6 nitrogen and oxygen atoms in total. The maximum absolute atomic E-state index is 12.1. The fourth-order valence-electron chi connectivity index (χ4n) is 2.76. The van der Waals surface area contributed by atoms with Crippen molar-refractivity contribution in [2.24, 2.45) is 0 Å². The minimum atomic E-state index is 0.0227. The van der Waals surface area contributed by atoms with Gasteiger partial charge in [0.25, 0.3) is 0 Å². The van der Waals surface area contributed by atoms with E-state index in [-0.39, 0.29) is 5.91 Å². The summed E-state index contributed by atoms with van der Waals surface area (Å²) >= 11 is 1.47.